The topological polar surface area (TPSA) is 65.4 Å². The first-order valence-corrected chi connectivity index (χ1v) is 7.75. The maximum Gasteiger partial charge on any atom is 0.248 e. The van der Waals surface area contributed by atoms with Gasteiger partial charge in [0.25, 0.3) is 0 Å². The van der Waals surface area contributed by atoms with E-state index in [2.05, 4.69) is 26.3 Å². The Morgan fingerprint density at radius 2 is 2.09 bits per heavy atom. The average molecular weight is 366 g/mol. The van der Waals surface area contributed by atoms with E-state index in [1.807, 2.05) is 6.92 Å². The summed E-state index contributed by atoms with van der Waals surface area (Å²) in [6, 6.07) is 4.94. The van der Waals surface area contributed by atoms with Crippen LogP contribution in [-0.2, 0) is 4.79 Å². The molecule has 0 fully saturated rings. The molecule has 3 rings (SSSR count). The van der Waals surface area contributed by atoms with Crippen molar-refractivity contribution in [3.05, 3.63) is 34.6 Å². The van der Waals surface area contributed by atoms with Crippen LogP contribution >= 0.6 is 15.9 Å². The number of rotatable bonds is 3. The van der Waals surface area contributed by atoms with Gasteiger partial charge in [0, 0.05) is 11.8 Å². The van der Waals surface area contributed by atoms with Gasteiger partial charge in [-0.1, -0.05) is 0 Å². The van der Waals surface area contributed by atoms with Crippen molar-refractivity contribution in [1.82, 2.24) is 9.78 Å². The number of nitrogens with one attached hydrogen (secondary N) is 1. The van der Waals surface area contributed by atoms with Crippen molar-refractivity contribution in [2.45, 2.75) is 19.9 Å². The van der Waals surface area contributed by atoms with Crippen LogP contribution in [-0.4, -0.2) is 28.9 Å². The fourth-order valence-electron chi connectivity index (χ4n) is 2.27. The maximum atomic E-state index is 12.4. The summed E-state index contributed by atoms with van der Waals surface area (Å²) in [5.74, 6) is 1.20. The summed E-state index contributed by atoms with van der Waals surface area (Å²) in [5.41, 5.74) is 1.58. The predicted octanol–water partition coefficient (Wildman–Crippen LogP) is 2.92. The number of amides is 1. The van der Waals surface area contributed by atoms with Crippen molar-refractivity contribution in [2.24, 2.45) is 0 Å². The second-order valence-corrected chi connectivity index (χ2v) is 5.90. The molecule has 22 heavy (non-hydrogen) atoms. The number of anilines is 1. The van der Waals surface area contributed by atoms with Crippen LogP contribution in [0.2, 0.25) is 0 Å². The first-order chi connectivity index (χ1) is 10.6. The number of carbonyl (C=O) groups is 1. The highest BCUT2D eigenvalue weighted by molar-refractivity contribution is 9.10. The normalized spacial score (nSPS) is 14.5. The van der Waals surface area contributed by atoms with Gasteiger partial charge in [0.2, 0.25) is 5.91 Å². The molecule has 1 aliphatic heterocycles. The molecule has 0 radical (unpaired) electrons. The lowest BCUT2D eigenvalue weighted by Gasteiger charge is -2.20. The van der Waals surface area contributed by atoms with Gasteiger partial charge in [0.05, 0.1) is 16.4 Å². The number of aromatic nitrogens is 2. The molecule has 116 valence electrons. The van der Waals surface area contributed by atoms with Crippen molar-refractivity contribution >= 4 is 27.5 Å². The third-order valence-corrected chi connectivity index (χ3v) is 4.32. The summed E-state index contributed by atoms with van der Waals surface area (Å²) in [6.45, 7) is 4.77. The molecule has 1 aromatic heterocycles. The molecule has 0 spiro atoms. The SMILES string of the molecule is Cc1c(Br)cnn1[C@@H](C)C(=O)Nc1ccc2c(c1)OCCO2. The van der Waals surface area contributed by atoms with E-state index in [0.717, 1.165) is 10.2 Å². The second-order valence-electron chi connectivity index (χ2n) is 5.05. The molecule has 2 heterocycles. The highest BCUT2D eigenvalue weighted by atomic mass is 79.9. The van der Waals surface area contributed by atoms with E-state index in [1.165, 1.54) is 0 Å². The Bertz CT molecular complexity index is 714. The summed E-state index contributed by atoms with van der Waals surface area (Å²) in [5, 5.41) is 7.09. The van der Waals surface area contributed by atoms with Crippen molar-refractivity contribution in [2.75, 3.05) is 18.5 Å². The van der Waals surface area contributed by atoms with Gasteiger partial charge in [-0.05, 0) is 41.9 Å². The van der Waals surface area contributed by atoms with E-state index in [-0.39, 0.29) is 5.91 Å². The lowest BCUT2D eigenvalue weighted by molar-refractivity contribution is -0.119. The predicted molar refractivity (Wildman–Crippen MR) is 85.4 cm³/mol. The Labute approximate surface area is 136 Å². The van der Waals surface area contributed by atoms with Crippen LogP contribution in [0, 0.1) is 6.92 Å². The number of halogens is 1. The van der Waals surface area contributed by atoms with Gasteiger partial charge in [-0.15, -0.1) is 0 Å². The molecule has 1 aliphatic rings. The highest BCUT2D eigenvalue weighted by Crippen LogP contribution is 2.32. The Morgan fingerprint density at radius 1 is 1.36 bits per heavy atom. The minimum atomic E-state index is -0.417. The first kappa shape index (κ1) is 14.9. The van der Waals surface area contributed by atoms with Crippen LogP contribution in [0.3, 0.4) is 0 Å². The third-order valence-electron chi connectivity index (χ3n) is 3.54. The lowest BCUT2D eigenvalue weighted by Crippen LogP contribution is -2.25. The second kappa shape index (κ2) is 6.00. The van der Waals surface area contributed by atoms with Crippen LogP contribution < -0.4 is 14.8 Å². The zero-order chi connectivity index (χ0) is 15.7. The van der Waals surface area contributed by atoms with Crippen molar-refractivity contribution in [3.63, 3.8) is 0 Å². The maximum absolute atomic E-state index is 12.4. The van der Waals surface area contributed by atoms with E-state index < -0.39 is 6.04 Å². The van der Waals surface area contributed by atoms with Crippen LogP contribution in [0.4, 0.5) is 5.69 Å². The zero-order valence-electron chi connectivity index (χ0n) is 12.3. The molecule has 1 amide bonds. The number of hydrogen-bond acceptors (Lipinski definition) is 4. The molecular formula is C15H16BrN3O3. The van der Waals surface area contributed by atoms with Gasteiger partial charge in [-0.3, -0.25) is 9.48 Å². The molecule has 1 atom stereocenters. The van der Waals surface area contributed by atoms with Gasteiger partial charge in [0.1, 0.15) is 19.3 Å². The third kappa shape index (κ3) is 2.81. The van der Waals surface area contributed by atoms with Crippen LogP contribution in [0.25, 0.3) is 0 Å². The Morgan fingerprint density at radius 3 is 2.77 bits per heavy atom. The number of fused-ring (bicyclic) bond motifs is 1. The molecule has 0 unspecified atom stereocenters. The van der Waals surface area contributed by atoms with Gasteiger partial charge in [-0.25, -0.2) is 0 Å². The summed E-state index contributed by atoms with van der Waals surface area (Å²) in [6.07, 6.45) is 1.68. The van der Waals surface area contributed by atoms with Crippen molar-refractivity contribution < 1.29 is 14.3 Å². The molecule has 1 N–H and O–H groups in total. The largest absolute Gasteiger partial charge is 0.486 e. The zero-order valence-corrected chi connectivity index (χ0v) is 13.9. The van der Waals surface area contributed by atoms with E-state index in [9.17, 15) is 4.79 Å². The van der Waals surface area contributed by atoms with Gasteiger partial charge in [-0.2, -0.15) is 5.10 Å². The average Bonchev–Trinajstić information content (AvgIpc) is 2.86. The van der Waals surface area contributed by atoms with Gasteiger partial charge < -0.3 is 14.8 Å². The van der Waals surface area contributed by atoms with Gasteiger partial charge in [0.15, 0.2) is 11.5 Å². The fraction of sp³-hybridized carbons (Fsp3) is 0.333. The minimum absolute atomic E-state index is 0.143. The Kier molecular flexibility index (Phi) is 4.06. The number of hydrogen-bond donors (Lipinski definition) is 1. The van der Waals surface area contributed by atoms with Crippen molar-refractivity contribution in [3.8, 4) is 11.5 Å². The Balaban J connectivity index is 1.75. The smallest absolute Gasteiger partial charge is 0.248 e. The number of nitrogens with zero attached hydrogens (tertiary/aromatic N) is 2. The molecule has 0 saturated carbocycles. The van der Waals surface area contributed by atoms with Crippen LogP contribution in [0.5, 0.6) is 11.5 Å². The van der Waals surface area contributed by atoms with E-state index in [1.54, 1.807) is 36.0 Å². The molecule has 0 aliphatic carbocycles. The fourth-order valence-corrected chi connectivity index (χ4v) is 2.54. The number of benzene rings is 1. The Hall–Kier alpha value is -2.02. The molecule has 1 aromatic carbocycles. The van der Waals surface area contributed by atoms with Crippen LogP contribution in [0.15, 0.2) is 28.9 Å². The van der Waals surface area contributed by atoms with Crippen LogP contribution in [0.1, 0.15) is 18.7 Å². The number of carbonyl (C=O) groups excluding carboxylic acids is 1. The molecule has 2 aromatic rings. The molecule has 6 nitrogen and oxygen atoms in total. The van der Waals surface area contributed by atoms with Gasteiger partial charge >= 0.3 is 0 Å². The van der Waals surface area contributed by atoms with E-state index in [4.69, 9.17) is 9.47 Å². The lowest BCUT2D eigenvalue weighted by atomic mass is 10.2. The standard InChI is InChI=1S/C15H16BrN3O3/c1-9-12(16)8-17-19(9)10(2)15(20)18-11-3-4-13-14(7-11)22-6-5-21-13/h3-4,7-8,10H,5-6H2,1-2H3,(H,18,20)/t10-/m0/s1. The molecule has 0 saturated heterocycles. The summed E-state index contributed by atoms with van der Waals surface area (Å²) < 4.78 is 13.5. The molecular weight excluding hydrogens is 350 g/mol. The quantitative estimate of drug-likeness (QED) is 0.907. The summed E-state index contributed by atoms with van der Waals surface area (Å²) in [7, 11) is 0. The highest BCUT2D eigenvalue weighted by Gasteiger charge is 2.19. The van der Waals surface area contributed by atoms with E-state index >= 15 is 0 Å². The number of ether oxygens (including phenoxy) is 2. The molecule has 0 bridgehead atoms. The van der Waals surface area contributed by atoms with Crippen molar-refractivity contribution in [1.29, 1.82) is 0 Å². The molecule has 7 heteroatoms. The minimum Gasteiger partial charge on any atom is -0.486 e. The monoisotopic (exact) mass is 365 g/mol. The summed E-state index contributed by atoms with van der Waals surface area (Å²) in [4.78, 5) is 12.4. The summed E-state index contributed by atoms with van der Waals surface area (Å²) >= 11 is 3.40. The first-order valence-electron chi connectivity index (χ1n) is 6.96. The van der Waals surface area contributed by atoms with E-state index in [0.29, 0.717) is 30.4 Å².